The molecule has 0 atom stereocenters. The lowest BCUT2D eigenvalue weighted by Gasteiger charge is -2.32. The molecule has 39 heavy (non-hydrogen) atoms. The van der Waals surface area contributed by atoms with E-state index in [0.29, 0.717) is 24.6 Å². The Kier molecular flexibility index (Phi) is 5.32. The van der Waals surface area contributed by atoms with Crippen molar-refractivity contribution in [3.63, 3.8) is 0 Å². The van der Waals surface area contributed by atoms with Crippen molar-refractivity contribution in [2.75, 3.05) is 32.4 Å². The van der Waals surface area contributed by atoms with E-state index in [-0.39, 0.29) is 17.8 Å². The van der Waals surface area contributed by atoms with E-state index in [0.717, 1.165) is 64.9 Å². The Morgan fingerprint density at radius 3 is 2.67 bits per heavy atom. The molecule has 1 amide bonds. The van der Waals surface area contributed by atoms with Gasteiger partial charge in [0.1, 0.15) is 17.8 Å². The third-order valence-electron chi connectivity index (χ3n) is 7.73. The highest BCUT2D eigenvalue weighted by atomic mass is 16.2. The zero-order chi connectivity index (χ0) is 26.7. The predicted octanol–water partition coefficient (Wildman–Crippen LogP) is 2.27. The SMILES string of the molecule is Cc1cn(C2CCN(C(=O)c3nnc[nH]3)CC2)c2nc3c(-c4ccc(C5=NN(C)CC5)nc4)cnn3c(N)c12. The van der Waals surface area contributed by atoms with Crippen LogP contribution in [0.3, 0.4) is 0 Å². The van der Waals surface area contributed by atoms with Crippen LogP contribution in [0.15, 0.2) is 42.2 Å². The number of anilines is 1. The van der Waals surface area contributed by atoms with Gasteiger partial charge in [-0.1, -0.05) is 6.07 Å². The second kappa shape index (κ2) is 8.89. The van der Waals surface area contributed by atoms with Crippen LogP contribution in [-0.2, 0) is 0 Å². The van der Waals surface area contributed by atoms with Crippen LogP contribution >= 0.6 is 0 Å². The van der Waals surface area contributed by atoms with E-state index >= 15 is 0 Å². The fourth-order valence-corrected chi connectivity index (χ4v) is 5.67. The molecule has 0 aliphatic carbocycles. The highest BCUT2D eigenvalue weighted by Crippen LogP contribution is 2.34. The second-order valence-electron chi connectivity index (χ2n) is 10.2. The van der Waals surface area contributed by atoms with Crippen LogP contribution in [0.2, 0.25) is 0 Å². The van der Waals surface area contributed by atoms with Gasteiger partial charge in [0.2, 0.25) is 5.82 Å². The van der Waals surface area contributed by atoms with Crippen molar-refractivity contribution in [2.45, 2.75) is 32.2 Å². The molecule has 3 N–H and O–H groups in total. The molecule has 5 aromatic rings. The number of aryl methyl sites for hydroxylation is 1. The number of nitrogens with zero attached hydrogens (tertiary/aromatic N) is 10. The van der Waals surface area contributed by atoms with Crippen molar-refractivity contribution in [1.29, 1.82) is 0 Å². The molecule has 0 unspecified atom stereocenters. The molecule has 5 aromatic heterocycles. The van der Waals surface area contributed by atoms with Gasteiger partial charge in [0.15, 0.2) is 5.65 Å². The number of pyridine rings is 1. The molecule has 1 fully saturated rings. The van der Waals surface area contributed by atoms with Crippen LogP contribution in [-0.4, -0.2) is 87.5 Å². The molecule has 0 radical (unpaired) electrons. The van der Waals surface area contributed by atoms with Gasteiger partial charge < -0.3 is 20.2 Å². The summed E-state index contributed by atoms with van der Waals surface area (Å²) in [6.07, 6.45) is 9.66. The number of nitrogens with two attached hydrogens (primary N) is 1. The lowest BCUT2D eigenvalue weighted by Crippen LogP contribution is -2.39. The van der Waals surface area contributed by atoms with Crippen molar-refractivity contribution in [3.8, 4) is 11.1 Å². The van der Waals surface area contributed by atoms with Crippen LogP contribution in [0.4, 0.5) is 5.82 Å². The second-order valence-corrected chi connectivity index (χ2v) is 10.2. The molecular weight excluding hydrogens is 496 g/mol. The smallest absolute Gasteiger partial charge is 0.291 e. The predicted molar refractivity (Wildman–Crippen MR) is 145 cm³/mol. The molecule has 0 aromatic carbocycles. The molecule has 13 nitrogen and oxygen atoms in total. The lowest BCUT2D eigenvalue weighted by atomic mass is 10.0. The Hall–Kier alpha value is -4.81. The molecule has 2 aliphatic heterocycles. The zero-order valence-electron chi connectivity index (χ0n) is 21.7. The molecule has 2 aliphatic rings. The summed E-state index contributed by atoms with van der Waals surface area (Å²) in [4.78, 5) is 27.1. The first kappa shape index (κ1) is 23.3. The van der Waals surface area contributed by atoms with E-state index in [4.69, 9.17) is 10.7 Å². The molecule has 0 saturated carbocycles. The summed E-state index contributed by atoms with van der Waals surface area (Å²) in [6.45, 7) is 4.19. The van der Waals surface area contributed by atoms with Crippen molar-refractivity contribution < 1.29 is 4.79 Å². The van der Waals surface area contributed by atoms with Crippen molar-refractivity contribution in [1.82, 2.24) is 49.2 Å². The van der Waals surface area contributed by atoms with E-state index < -0.39 is 0 Å². The number of aromatic amines is 1. The number of hydrogen-bond donors (Lipinski definition) is 2. The average Bonchev–Trinajstić information content (AvgIpc) is 3.76. The zero-order valence-corrected chi connectivity index (χ0v) is 21.7. The first-order chi connectivity index (χ1) is 19.0. The number of aromatic nitrogens is 8. The average molecular weight is 525 g/mol. The summed E-state index contributed by atoms with van der Waals surface area (Å²) in [6, 6.07) is 4.22. The number of nitrogens with one attached hydrogen (secondary N) is 1. The molecule has 7 rings (SSSR count). The van der Waals surface area contributed by atoms with Crippen LogP contribution in [0, 0.1) is 6.92 Å². The summed E-state index contributed by atoms with van der Waals surface area (Å²) < 4.78 is 3.92. The van der Waals surface area contributed by atoms with Gasteiger partial charge in [-0.3, -0.25) is 14.8 Å². The standard InChI is InChI=1S/C26H28N12O/c1-15-13-37(17-5-9-36(10-6-17)26(39)23-29-14-30-33-23)25-21(15)22(27)38-24(32-25)18(12-31-38)16-3-4-19(28-11-16)20-7-8-35(2)34-20/h3-4,11-14,17H,5-10,27H2,1-2H3,(H,29,30,33). The maximum atomic E-state index is 12.7. The first-order valence-corrected chi connectivity index (χ1v) is 13.0. The Balaban J connectivity index is 1.22. The van der Waals surface area contributed by atoms with Gasteiger partial charge in [-0.15, -0.1) is 10.2 Å². The van der Waals surface area contributed by atoms with E-state index in [1.807, 2.05) is 42.2 Å². The van der Waals surface area contributed by atoms with E-state index in [2.05, 4.69) is 41.1 Å². The molecule has 13 heteroatoms. The van der Waals surface area contributed by atoms with E-state index in [1.165, 1.54) is 6.33 Å². The molecule has 7 heterocycles. The number of carbonyl (C=O) groups is 1. The third-order valence-corrected chi connectivity index (χ3v) is 7.73. The fraction of sp³-hybridized carbons (Fsp3) is 0.346. The molecule has 1 saturated heterocycles. The maximum Gasteiger partial charge on any atom is 0.291 e. The van der Waals surface area contributed by atoms with Gasteiger partial charge in [-0.2, -0.15) is 14.7 Å². The number of hydrazone groups is 1. The Bertz CT molecular complexity index is 1720. The summed E-state index contributed by atoms with van der Waals surface area (Å²) >= 11 is 0. The third kappa shape index (κ3) is 3.80. The molecule has 0 bridgehead atoms. The maximum absolute atomic E-state index is 12.7. The van der Waals surface area contributed by atoms with Gasteiger partial charge in [-0.05, 0) is 31.4 Å². The monoisotopic (exact) mass is 524 g/mol. The number of fused-ring (bicyclic) bond motifs is 2. The minimum atomic E-state index is -0.126. The van der Waals surface area contributed by atoms with Gasteiger partial charge >= 0.3 is 0 Å². The van der Waals surface area contributed by atoms with Crippen LogP contribution in [0.5, 0.6) is 0 Å². The Morgan fingerprint density at radius 1 is 1.13 bits per heavy atom. The Morgan fingerprint density at radius 2 is 1.97 bits per heavy atom. The van der Waals surface area contributed by atoms with Crippen molar-refractivity contribution >= 4 is 34.1 Å². The van der Waals surface area contributed by atoms with Crippen LogP contribution in [0.25, 0.3) is 27.8 Å². The highest BCUT2D eigenvalue weighted by Gasteiger charge is 2.28. The number of rotatable bonds is 4. The number of nitrogen functional groups attached to an aromatic ring is 1. The van der Waals surface area contributed by atoms with Gasteiger partial charge in [0.25, 0.3) is 5.91 Å². The summed E-state index contributed by atoms with van der Waals surface area (Å²) in [7, 11) is 1.97. The van der Waals surface area contributed by atoms with Crippen LogP contribution < -0.4 is 5.73 Å². The van der Waals surface area contributed by atoms with Gasteiger partial charge in [0.05, 0.1) is 23.0 Å². The van der Waals surface area contributed by atoms with Crippen molar-refractivity contribution in [2.24, 2.45) is 5.10 Å². The number of hydrogen-bond acceptors (Lipinski definition) is 9. The topological polar surface area (TPSA) is 152 Å². The molecular formula is C26H28N12O. The fourth-order valence-electron chi connectivity index (χ4n) is 5.67. The molecule has 198 valence electrons. The van der Waals surface area contributed by atoms with Crippen molar-refractivity contribution in [3.05, 3.63) is 54.1 Å². The first-order valence-electron chi connectivity index (χ1n) is 13.0. The number of H-pyrrole nitrogens is 1. The molecule has 0 spiro atoms. The normalized spacial score (nSPS) is 16.5. The number of piperidine rings is 1. The lowest BCUT2D eigenvalue weighted by molar-refractivity contribution is 0.0684. The number of carbonyl (C=O) groups excluding carboxylic acids is 1. The quantitative estimate of drug-likeness (QED) is 0.363. The number of likely N-dealkylation sites (tertiary alicyclic amines) is 1. The van der Waals surface area contributed by atoms with Gasteiger partial charge in [-0.25, -0.2) is 4.98 Å². The summed E-state index contributed by atoms with van der Waals surface area (Å²) in [5.41, 5.74) is 12.9. The summed E-state index contributed by atoms with van der Waals surface area (Å²) in [5, 5.41) is 19.5. The number of amides is 1. The van der Waals surface area contributed by atoms with E-state index in [1.54, 1.807) is 10.7 Å². The minimum absolute atomic E-state index is 0.126. The minimum Gasteiger partial charge on any atom is -0.383 e. The largest absolute Gasteiger partial charge is 0.383 e. The van der Waals surface area contributed by atoms with E-state index in [9.17, 15) is 4.79 Å². The van der Waals surface area contributed by atoms with Crippen LogP contribution in [0.1, 0.15) is 47.2 Å². The van der Waals surface area contributed by atoms with Gasteiger partial charge in [0, 0.05) is 62.7 Å². The highest BCUT2D eigenvalue weighted by molar-refractivity contribution is 6.00. The summed E-state index contributed by atoms with van der Waals surface area (Å²) in [5.74, 6) is 0.703. The Labute approximate surface area is 223 Å².